The number of nitrogens with zero attached hydrogens (tertiary/aromatic N) is 1. The van der Waals surface area contributed by atoms with Crippen LogP contribution in [0.15, 0.2) is 48.5 Å². The SMILES string of the molecule is COc1ccc(NC(=O)c2ccc(NCC(=O)N3CCCCCCC3)cc2)cc1. The third-order valence-corrected chi connectivity index (χ3v) is 5.15. The summed E-state index contributed by atoms with van der Waals surface area (Å²) < 4.78 is 5.12. The van der Waals surface area contributed by atoms with Crippen LogP contribution in [-0.4, -0.2) is 43.5 Å². The lowest BCUT2D eigenvalue weighted by Gasteiger charge is -2.25. The number of carbonyl (C=O) groups excluding carboxylic acids is 2. The summed E-state index contributed by atoms with van der Waals surface area (Å²) in [6.45, 7) is 1.98. The summed E-state index contributed by atoms with van der Waals surface area (Å²) in [5.74, 6) is 0.690. The molecule has 0 atom stereocenters. The van der Waals surface area contributed by atoms with E-state index in [9.17, 15) is 9.59 Å². The molecular weight excluding hydrogens is 366 g/mol. The van der Waals surface area contributed by atoms with Crippen LogP contribution in [0.4, 0.5) is 11.4 Å². The first kappa shape index (κ1) is 20.7. The Kier molecular flexibility index (Phi) is 7.50. The van der Waals surface area contributed by atoms with Gasteiger partial charge < -0.3 is 20.3 Å². The predicted molar refractivity (Wildman–Crippen MR) is 116 cm³/mol. The number of ether oxygens (including phenoxy) is 1. The normalized spacial score (nSPS) is 14.4. The molecule has 1 fully saturated rings. The Morgan fingerprint density at radius 1 is 0.862 bits per heavy atom. The smallest absolute Gasteiger partial charge is 0.255 e. The molecule has 0 aliphatic carbocycles. The fourth-order valence-electron chi connectivity index (χ4n) is 3.40. The van der Waals surface area contributed by atoms with Gasteiger partial charge in [0.1, 0.15) is 5.75 Å². The molecule has 29 heavy (non-hydrogen) atoms. The largest absolute Gasteiger partial charge is 0.497 e. The van der Waals surface area contributed by atoms with E-state index in [1.807, 2.05) is 17.0 Å². The van der Waals surface area contributed by atoms with Gasteiger partial charge in [-0.1, -0.05) is 19.3 Å². The van der Waals surface area contributed by atoms with Crippen molar-refractivity contribution in [2.24, 2.45) is 0 Å². The van der Waals surface area contributed by atoms with Gasteiger partial charge in [0.05, 0.1) is 13.7 Å². The van der Waals surface area contributed by atoms with Crippen molar-refractivity contribution in [3.63, 3.8) is 0 Å². The van der Waals surface area contributed by atoms with Gasteiger partial charge in [-0.3, -0.25) is 9.59 Å². The minimum atomic E-state index is -0.182. The second-order valence-electron chi connectivity index (χ2n) is 7.26. The van der Waals surface area contributed by atoms with Crippen LogP contribution in [0.2, 0.25) is 0 Å². The van der Waals surface area contributed by atoms with Gasteiger partial charge in [-0.05, 0) is 61.4 Å². The van der Waals surface area contributed by atoms with Gasteiger partial charge in [0, 0.05) is 30.0 Å². The Hall–Kier alpha value is -3.02. The van der Waals surface area contributed by atoms with Crippen molar-refractivity contribution in [2.45, 2.75) is 32.1 Å². The molecule has 1 aliphatic heterocycles. The highest BCUT2D eigenvalue weighted by Gasteiger charge is 2.14. The molecule has 0 bridgehead atoms. The Labute approximate surface area is 172 Å². The van der Waals surface area contributed by atoms with Gasteiger partial charge in [-0.25, -0.2) is 0 Å². The second kappa shape index (κ2) is 10.5. The minimum Gasteiger partial charge on any atom is -0.497 e. The van der Waals surface area contributed by atoms with Gasteiger partial charge in [0.2, 0.25) is 5.91 Å². The molecule has 0 spiro atoms. The van der Waals surface area contributed by atoms with Crippen LogP contribution >= 0.6 is 0 Å². The number of benzene rings is 2. The number of likely N-dealkylation sites (tertiary alicyclic amines) is 1. The second-order valence-corrected chi connectivity index (χ2v) is 7.26. The molecule has 2 aromatic rings. The van der Waals surface area contributed by atoms with E-state index in [2.05, 4.69) is 10.6 Å². The van der Waals surface area contributed by atoms with Crippen molar-refractivity contribution >= 4 is 23.2 Å². The highest BCUT2D eigenvalue weighted by Crippen LogP contribution is 2.17. The van der Waals surface area contributed by atoms with E-state index in [1.165, 1.54) is 19.3 Å². The highest BCUT2D eigenvalue weighted by atomic mass is 16.5. The standard InChI is InChI=1S/C23H29N3O3/c1-29-21-13-11-20(12-14-21)25-23(28)18-7-9-19(10-8-18)24-17-22(27)26-15-5-3-2-4-6-16-26/h7-14,24H,2-6,15-17H2,1H3,(H,25,28). The summed E-state index contributed by atoms with van der Waals surface area (Å²) in [4.78, 5) is 26.8. The third kappa shape index (κ3) is 6.24. The van der Waals surface area contributed by atoms with Crippen LogP contribution in [0.1, 0.15) is 42.5 Å². The van der Waals surface area contributed by atoms with Crippen molar-refractivity contribution < 1.29 is 14.3 Å². The summed E-state index contributed by atoms with van der Waals surface area (Å²) in [6.07, 6.45) is 5.86. The fourth-order valence-corrected chi connectivity index (χ4v) is 3.40. The Morgan fingerprint density at radius 3 is 2.07 bits per heavy atom. The summed E-state index contributed by atoms with van der Waals surface area (Å²) in [7, 11) is 1.60. The Balaban J connectivity index is 1.49. The van der Waals surface area contributed by atoms with Crippen LogP contribution in [0.3, 0.4) is 0 Å². The molecule has 1 heterocycles. The van der Waals surface area contributed by atoms with E-state index in [0.29, 0.717) is 11.3 Å². The monoisotopic (exact) mass is 395 g/mol. The minimum absolute atomic E-state index is 0.133. The molecule has 1 saturated heterocycles. The van der Waals surface area contributed by atoms with Crippen molar-refractivity contribution in [3.8, 4) is 5.75 Å². The lowest BCUT2D eigenvalue weighted by atomic mass is 10.1. The Bertz CT molecular complexity index is 795. The van der Waals surface area contributed by atoms with Crippen molar-refractivity contribution in [3.05, 3.63) is 54.1 Å². The Morgan fingerprint density at radius 2 is 1.45 bits per heavy atom. The van der Waals surface area contributed by atoms with E-state index >= 15 is 0 Å². The van der Waals surface area contributed by atoms with Crippen LogP contribution in [0.25, 0.3) is 0 Å². The molecule has 3 rings (SSSR count). The lowest BCUT2D eigenvalue weighted by Crippen LogP contribution is -2.37. The van der Waals surface area contributed by atoms with E-state index < -0.39 is 0 Å². The molecule has 0 radical (unpaired) electrons. The quantitative estimate of drug-likeness (QED) is 0.771. The first-order valence-corrected chi connectivity index (χ1v) is 10.2. The predicted octanol–water partition coefficient (Wildman–Crippen LogP) is 4.15. The molecule has 0 saturated carbocycles. The first-order valence-electron chi connectivity index (χ1n) is 10.2. The number of hydrogen-bond donors (Lipinski definition) is 2. The zero-order valence-electron chi connectivity index (χ0n) is 16.9. The van der Waals surface area contributed by atoms with Crippen LogP contribution < -0.4 is 15.4 Å². The number of methoxy groups -OCH3 is 1. The van der Waals surface area contributed by atoms with E-state index in [1.54, 1.807) is 43.5 Å². The number of amides is 2. The van der Waals surface area contributed by atoms with Crippen molar-refractivity contribution in [1.82, 2.24) is 4.90 Å². The van der Waals surface area contributed by atoms with Gasteiger partial charge in [0.15, 0.2) is 0 Å². The molecule has 154 valence electrons. The summed E-state index contributed by atoms with van der Waals surface area (Å²) in [6, 6.07) is 14.3. The van der Waals surface area contributed by atoms with Gasteiger partial charge in [-0.2, -0.15) is 0 Å². The molecule has 0 unspecified atom stereocenters. The third-order valence-electron chi connectivity index (χ3n) is 5.15. The molecule has 6 heteroatoms. The molecule has 1 aliphatic rings. The van der Waals surface area contributed by atoms with Gasteiger partial charge in [-0.15, -0.1) is 0 Å². The highest BCUT2D eigenvalue weighted by molar-refractivity contribution is 6.04. The van der Waals surface area contributed by atoms with Gasteiger partial charge >= 0.3 is 0 Å². The molecule has 0 aromatic heterocycles. The molecule has 2 aromatic carbocycles. The van der Waals surface area contributed by atoms with E-state index in [4.69, 9.17) is 4.74 Å². The summed E-state index contributed by atoms with van der Waals surface area (Å²) in [5, 5.41) is 6.03. The average Bonchev–Trinajstić information content (AvgIpc) is 2.72. The number of hydrogen-bond acceptors (Lipinski definition) is 4. The van der Waals surface area contributed by atoms with Crippen LogP contribution in [0.5, 0.6) is 5.75 Å². The topological polar surface area (TPSA) is 70.7 Å². The molecule has 6 nitrogen and oxygen atoms in total. The number of nitrogens with one attached hydrogen (secondary N) is 2. The average molecular weight is 396 g/mol. The van der Waals surface area contributed by atoms with E-state index in [-0.39, 0.29) is 18.4 Å². The molecule has 2 amide bonds. The maximum atomic E-state index is 12.5. The van der Waals surface area contributed by atoms with Crippen LogP contribution in [-0.2, 0) is 4.79 Å². The number of carbonyl (C=O) groups is 2. The van der Waals surface area contributed by atoms with Crippen LogP contribution in [0, 0.1) is 0 Å². The fraction of sp³-hybridized carbons (Fsp3) is 0.391. The first-order chi connectivity index (χ1) is 14.2. The summed E-state index contributed by atoms with van der Waals surface area (Å²) >= 11 is 0. The number of rotatable bonds is 6. The number of anilines is 2. The maximum absolute atomic E-state index is 12.5. The van der Waals surface area contributed by atoms with Gasteiger partial charge in [0.25, 0.3) is 5.91 Å². The lowest BCUT2D eigenvalue weighted by molar-refractivity contribution is -0.129. The molecule has 2 N–H and O–H groups in total. The van der Waals surface area contributed by atoms with E-state index in [0.717, 1.165) is 37.4 Å². The summed E-state index contributed by atoms with van der Waals surface area (Å²) in [5.41, 5.74) is 2.09. The zero-order chi connectivity index (χ0) is 20.5. The zero-order valence-corrected chi connectivity index (χ0v) is 16.9. The molecular formula is C23H29N3O3. The maximum Gasteiger partial charge on any atom is 0.255 e. The van der Waals surface area contributed by atoms with Crippen molar-refractivity contribution in [1.29, 1.82) is 0 Å². The van der Waals surface area contributed by atoms with Crippen molar-refractivity contribution in [2.75, 3.05) is 37.4 Å².